The minimum Gasteiger partial charge on any atom is -0.310 e. The first-order valence-corrected chi connectivity index (χ1v) is 6.43. The van der Waals surface area contributed by atoms with Crippen LogP contribution in [0.4, 0.5) is 0 Å². The van der Waals surface area contributed by atoms with Crippen LogP contribution in [0.3, 0.4) is 0 Å². The van der Waals surface area contributed by atoms with Crippen molar-refractivity contribution in [3.63, 3.8) is 0 Å². The van der Waals surface area contributed by atoms with Gasteiger partial charge in [-0.3, -0.25) is 4.98 Å². The van der Waals surface area contributed by atoms with Gasteiger partial charge < -0.3 is 5.32 Å². The Bertz CT molecular complexity index is 279. The molecule has 0 saturated heterocycles. The summed E-state index contributed by atoms with van der Waals surface area (Å²) in [7, 11) is 0. The number of aromatic nitrogens is 1. The van der Waals surface area contributed by atoms with Crippen molar-refractivity contribution in [2.45, 2.75) is 52.5 Å². The van der Waals surface area contributed by atoms with Crippen molar-refractivity contribution < 1.29 is 0 Å². The monoisotopic (exact) mass is 220 g/mol. The lowest BCUT2D eigenvalue weighted by Gasteiger charge is -2.18. The number of unbranched alkanes of at least 4 members (excludes halogenated alkanes) is 2. The van der Waals surface area contributed by atoms with Crippen LogP contribution in [0.1, 0.15) is 56.8 Å². The minimum atomic E-state index is 0.477. The second-order valence-electron chi connectivity index (χ2n) is 4.34. The second kappa shape index (κ2) is 7.39. The van der Waals surface area contributed by atoms with Gasteiger partial charge in [0.15, 0.2) is 0 Å². The molecule has 2 nitrogen and oxygen atoms in total. The lowest BCUT2D eigenvalue weighted by molar-refractivity contribution is 0.485. The molecule has 1 atom stereocenters. The fraction of sp³-hybridized carbons (Fsp3) is 0.643. The molecule has 0 aliphatic carbocycles. The molecule has 1 aromatic heterocycles. The molecule has 0 aliphatic heterocycles. The molecule has 0 spiro atoms. The van der Waals surface area contributed by atoms with E-state index in [1.807, 2.05) is 13.1 Å². The van der Waals surface area contributed by atoms with Crippen LogP contribution in [-0.4, -0.2) is 11.5 Å². The quantitative estimate of drug-likeness (QED) is 0.710. The van der Waals surface area contributed by atoms with Crippen LogP contribution in [0.5, 0.6) is 0 Å². The number of hydrogen-bond donors (Lipinski definition) is 1. The topological polar surface area (TPSA) is 24.9 Å². The Hall–Kier alpha value is -0.890. The molecule has 90 valence electrons. The van der Waals surface area contributed by atoms with E-state index in [0.717, 1.165) is 12.2 Å². The van der Waals surface area contributed by atoms with Crippen molar-refractivity contribution in [1.29, 1.82) is 0 Å². The Morgan fingerprint density at radius 2 is 2.06 bits per heavy atom. The molecule has 0 fully saturated rings. The number of nitrogens with zero attached hydrogens (tertiary/aromatic N) is 1. The Labute approximate surface area is 99.5 Å². The highest BCUT2D eigenvalue weighted by atomic mass is 14.9. The lowest BCUT2D eigenvalue weighted by Crippen LogP contribution is -2.21. The fourth-order valence-corrected chi connectivity index (χ4v) is 1.92. The molecular formula is C14H24N2. The number of pyridine rings is 1. The van der Waals surface area contributed by atoms with Crippen molar-refractivity contribution in [2.75, 3.05) is 6.54 Å². The first kappa shape index (κ1) is 13.2. The number of hydrogen-bond acceptors (Lipinski definition) is 2. The molecule has 1 rings (SSSR count). The van der Waals surface area contributed by atoms with E-state index < -0.39 is 0 Å². The zero-order valence-electron chi connectivity index (χ0n) is 10.8. The van der Waals surface area contributed by atoms with Crippen molar-refractivity contribution >= 4 is 0 Å². The standard InChI is InChI=1S/C14H24N2/c1-4-6-7-8-14(15-5-2)13-10-9-12(3)16-11-13/h9-11,14-15H,4-8H2,1-3H3. The van der Waals surface area contributed by atoms with E-state index in [0.29, 0.717) is 6.04 Å². The van der Waals surface area contributed by atoms with Gasteiger partial charge in [0.25, 0.3) is 0 Å². The van der Waals surface area contributed by atoms with E-state index >= 15 is 0 Å². The average Bonchev–Trinajstić information content (AvgIpc) is 2.29. The second-order valence-corrected chi connectivity index (χ2v) is 4.34. The van der Waals surface area contributed by atoms with Gasteiger partial charge in [0.2, 0.25) is 0 Å². The number of nitrogens with one attached hydrogen (secondary N) is 1. The molecule has 0 amide bonds. The molecule has 16 heavy (non-hydrogen) atoms. The van der Waals surface area contributed by atoms with E-state index in [1.54, 1.807) is 0 Å². The summed E-state index contributed by atoms with van der Waals surface area (Å²) in [5.41, 5.74) is 2.41. The molecule has 0 radical (unpaired) electrons. The number of aryl methyl sites for hydroxylation is 1. The molecule has 1 heterocycles. The maximum absolute atomic E-state index is 4.37. The third kappa shape index (κ3) is 4.31. The molecular weight excluding hydrogens is 196 g/mol. The Morgan fingerprint density at radius 3 is 2.62 bits per heavy atom. The molecule has 0 aromatic carbocycles. The van der Waals surface area contributed by atoms with Gasteiger partial charge in [-0.2, -0.15) is 0 Å². The fourth-order valence-electron chi connectivity index (χ4n) is 1.92. The van der Waals surface area contributed by atoms with Gasteiger partial charge in [-0.25, -0.2) is 0 Å². The van der Waals surface area contributed by atoms with E-state index in [2.05, 4.69) is 36.3 Å². The molecule has 2 heteroatoms. The van der Waals surface area contributed by atoms with Gasteiger partial charge in [-0.05, 0) is 31.5 Å². The van der Waals surface area contributed by atoms with Gasteiger partial charge in [0.05, 0.1) is 0 Å². The highest BCUT2D eigenvalue weighted by Crippen LogP contribution is 2.19. The molecule has 0 saturated carbocycles. The summed E-state index contributed by atoms with van der Waals surface area (Å²) in [6, 6.07) is 4.77. The first-order chi connectivity index (χ1) is 7.77. The first-order valence-electron chi connectivity index (χ1n) is 6.43. The molecule has 0 bridgehead atoms. The SMILES string of the molecule is CCCCCC(NCC)c1ccc(C)nc1. The zero-order valence-corrected chi connectivity index (χ0v) is 10.8. The molecule has 1 aromatic rings. The predicted octanol–water partition coefficient (Wildman–Crippen LogP) is 3.62. The minimum absolute atomic E-state index is 0.477. The third-order valence-electron chi connectivity index (χ3n) is 2.88. The smallest absolute Gasteiger partial charge is 0.0372 e. The summed E-state index contributed by atoms with van der Waals surface area (Å²) >= 11 is 0. The van der Waals surface area contributed by atoms with Gasteiger partial charge in [-0.1, -0.05) is 39.2 Å². The maximum Gasteiger partial charge on any atom is 0.0372 e. The Balaban J connectivity index is 2.57. The van der Waals surface area contributed by atoms with Crippen molar-refractivity contribution in [3.8, 4) is 0 Å². The summed E-state index contributed by atoms with van der Waals surface area (Å²) in [6.45, 7) is 7.46. The Morgan fingerprint density at radius 1 is 1.25 bits per heavy atom. The van der Waals surface area contributed by atoms with E-state index in [-0.39, 0.29) is 0 Å². The van der Waals surface area contributed by atoms with Crippen LogP contribution < -0.4 is 5.32 Å². The number of rotatable bonds is 7. The summed E-state index contributed by atoms with van der Waals surface area (Å²) in [5.74, 6) is 0. The summed E-state index contributed by atoms with van der Waals surface area (Å²) in [6.07, 6.45) is 7.12. The maximum atomic E-state index is 4.37. The summed E-state index contributed by atoms with van der Waals surface area (Å²) < 4.78 is 0. The van der Waals surface area contributed by atoms with Crippen LogP contribution in [0.25, 0.3) is 0 Å². The van der Waals surface area contributed by atoms with Gasteiger partial charge in [-0.15, -0.1) is 0 Å². The van der Waals surface area contributed by atoms with Gasteiger partial charge >= 0.3 is 0 Å². The average molecular weight is 220 g/mol. The van der Waals surface area contributed by atoms with Crippen LogP contribution in [0.2, 0.25) is 0 Å². The van der Waals surface area contributed by atoms with Crippen LogP contribution in [0, 0.1) is 6.92 Å². The highest BCUT2D eigenvalue weighted by molar-refractivity contribution is 5.17. The molecule has 0 aliphatic rings. The third-order valence-corrected chi connectivity index (χ3v) is 2.88. The van der Waals surface area contributed by atoms with Crippen molar-refractivity contribution in [2.24, 2.45) is 0 Å². The highest BCUT2D eigenvalue weighted by Gasteiger charge is 2.09. The van der Waals surface area contributed by atoms with E-state index in [4.69, 9.17) is 0 Å². The van der Waals surface area contributed by atoms with Crippen molar-refractivity contribution in [3.05, 3.63) is 29.6 Å². The van der Waals surface area contributed by atoms with Crippen LogP contribution >= 0.6 is 0 Å². The van der Waals surface area contributed by atoms with Gasteiger partial charge in [0, 0.05) is 17.9 Å². The molecule has 1 unspecified atom stereocenters. The predicted molar refractivity (Wildman–Crippen MR) is 69.5 cm³/mol. The van der Waals surface area contributed by atoms with E-state index in [9.17, 15) is 0 Å². The van der Waals surface area contributed by atoms with Crippen LogP contribution in [0.15, 0.2) is 18.3 Å². The lowest BCUT2D eigenvalue weighted by atomic mass is 10.0. The zero-order chi connectivity index (χ0) is 11.8. The van der Waals surface area contributed by atoms with Crippen LogP contribution in [-0.2, 0) is 0 Å². The van der Waals surface area contributed by atoms with E-state index in [1.165, 1.54) is 31.2 Å². The molecule has 1 N–H and O–H groups in total. The summed E-state index contributed by atoms with van der Waals surface area (Å²) in [5, 5.41) is 3.54. The Kier molecular flexibility index (Phi) is 6.09. The van der Waals surface area contributed by atoms with Gasteiger partial charge in [0.1, 0.15) is 0 Å². The largest absolute Gasteiger partial charge is 0.310 e. The van der Waals surface area contributed by atoms with Crippen molar-refractivity contribution in [1.82, 2.24) is 10.3 Å². The summed E-state index contributed by atoms with van der Waals surface area (Å²) in [4.78, 5) is 4.37. The normalized spacial score (nSPS) is 12.7.